The van der Waals surface area contributed by atoms with E-state index in [9.17, 15) is 24.2 Å². The zero-order valence-electron chi connectivity index (χ0n) is 31.8. The molecule has 1 aromatic carbocycles. The molecule has 2 fully saturated rings. The van der Waals surface area contributed by atoms with E-state index in [1.165, 1.54) is 23.8 Å². The van der Waals surface area contributed by atoms with Crippen molar-refractivity contribution in [3.8, 4) is 11.8 Å². The fourth-order valence-electron chi connectivity index (χ4n) is 5.80. The molecule has 2 aromatic heterocycles. The van der Waals surface area contributed by atoms with Crippen LogP contribution < -0.4 is 15.3 Å². The summed E-state index contributed by atoms with van der Waals surface area (Å²) in [6.07, 6.45) is -1.06. The van der Waals surface area contributed by atoms with E-state index in [1.807, 2.05) is 32.9 Å². The lowest BCUT2D eigenvalue weighted by atomic mass is 9.87. The van der Waals surface area contributed by atoms with Crippen LogP contribution in [0.25, 0.3) is 5.52 Å². The zero-order valence-corrected chi connectivity index (χ0v) is 32.7. The van der Waals surface area contributed by atoms with E-state index >= 15 is 0 Å². The molecule has 1 unspecified atom stereocenters. The molecule has 1 aliphatic heterocycles. The highest BCUT2D eigenvalue weighted by molar-refractivity contribution is 7.52. The number of benzene rings is 1. The van der Waals surface area contributed by atoms with E-state index in [2.05, 4.69) is 21.2 Å². The van der Waals surface area contributed by atoms with Gasteiger partial charge in [0.2, 0.25) is 5.60 Å². The number of anilines is 1. The summed E-state index contributed by atoms with van der Waals surface area (Å²) in [5, 5.41) is 17.9. The molecule has 1 saturated heterocycles. The van der Waals surface area contributed by atoms with Crippen molar-refractivity contribution in [3.05, 3.63) is 54.0 Å². The average molecular weight is 769 g/mol. The first-order chi connectivity index (χ1) is 25.4. The molecule has 0 radical (unpaired) electrons. The van der Waals surface area contributed by atoms with Crippen LogP contribution in [0.3, 0.4) is 0 Å². The third-order valence-electron chi connectivity index (χ3n) is 9.26. The Morgan fingerprint density at radius 3 is 2.24 bits per heavy atom. The van der Waals surface area contributed by atoms with Crippen molar-refractivity contribution in [3.63, 3.8) is 0 Å². The standard InChI is InChI=1S/C37H49N6O10P/c1-21(2)33(44)50-30-28(52-37(19-38,31(30)51-34(45)22(3)4)29-17-16-27-32(39)40-20-41-43(27)29)18-48-54(47,42-23(5)35(46)49-25-10-9-11-25)53-26-14-12-24(13-15-26)36(6,7)8/h12-17,20-23,25,28,30-31H,9-11,18H2,1-8H3,(H,42,47)(H2,39,40,41)/t23-,28+,30+,31+,37-,54?/m0/s1. The van der Waals surface area contributed by atoms with Gasteiger partial charge in [0, 0.05) is 0 Å². The third kappa shape index (κ3) is 8.70. The number of hydrogen-bond donors (Lipinski definition) is 2. The molecular weight excluding hydrogens is 719 g/mol. The molecule has 0 amide bonds. The van der Waals surface area contributed by atoms with Crippen molar-refractivity contribution in [2.45, 2.75) is 116 Å². The number of aromatic nitrogens is 3. The van der Waals surface area contributed by atoms with Gasteiger partial charge in [-0.3, -0.25) is 18.9 Å². The van der Waals surface area contributed by atoms with Crippen molar-refractivity contribution in [1.29, 1.82) is 5.26 Å². The second-order valence-corrected chi connectivity index (χ2v) is 16.9. The first kappa shape index (κ1) is 40.6. The molecule has 3 N–H and O–H groups in total. The first-order valence-corrected chi connectivity index (χ1v) is 19.5. The Balaban J connectivity index is 1.54. The molecule has 3 aromatic rings. The van der Waals surface area contributed by atoms with Crippen molar-refractivity contribution in [2.75, 3.05) is 12.3 Å². The predicted molar refractivity (Wildman–Crippen MR) is 195 cm³/mol. The van der Waals surface area contributed by atoms with E-state index in [1.54, 1.807) is 45.9 Å². The lowest BCUT2D eigenvalue weighted by molar-refractivity contribution is -0.173. The number of carbonyl (C=O) groups is 3. The normalized spacial score (nSPS) is 23.3. The highest BCUT2D eigenvalue weighted by Crippen LogP contribution is 2.49. The van der Waals surface area contributed by atoms with Gasteiger partial charge in [0.15, 0.2) is 18.0 Å². The number of nitrogens with zero attached hydrogens (tertiary/aromatic N) is 4. The largest absolute Gasteiger partial charge is 0.461 e. The van der Waals surface area contributed by atoms with Crippen LogP contribution in [0.4, 0.5) is 5.82 Å². The van der Waals surface area contributed by atoms with E-state index in [-0.39, 0.29) is 28.8 Å². The fourth-order valence-corrected chi connectivity index (χ4v) is 7.30. The van der Waals surface area contributed by atoms with Crippen LogP contribution in [0.2, 0.25) is 0 Å². The Kier molecular flexibility index (Phi) is 12.1. The predicted octanol–water partition coefficient (Wildman–Crippen LogP) is 5.14. The van der Waals surface area contributed by atoms with E-state index in [4.69, 9.17) is 33.7 Å². The Bertz CT molecular complexity index is 1930. The second kappa shape index (κ2) is 16.0. The minimum absolute atomic E-state index is 0.0904. The molecule has 17 heteroatoms. The van der Waals surface area contributed by atoms with E-state index < -0.39 is 74.1 Å². The van der Waals surface area contributed by atoms with Crippen molar-refractivity contribution >= 4 is 37.0 Å². The maximum absolute atomic E-state index is 14.7. The van der Waals surface area contributed by atoms with E-state index in [0.29, 0.717) is 5.52 Å². The van der Waals surface area contributed by atoms with Gasteiger partial charge in [0.05, 0.1) is 24.1 Å². The molecule has 0 spiro atoms. The zero-order chi connectivity index (χ0) is 39.6. The Hall–Kier alpha value is -4.55. The molecule has 3 heterocycles. The lowest BCUT2D eigenvalue weighted by Gasteiger charge is -2.29. The number of esters is 3. The van der Waals surface area contributed by atoms with Crippen molar-refractivity contribution in [1.82, 2.24) is 19.7 Å². The summed E-state index contributed by atoms with van der Waals surface area (Å²) in [5.41, 5.74) is 5.17. The maximum atomic E-state index is 14.7. The van der Waals surface area contributed by atoms with Crippen molar-refractivity contribution < 1.29 is 46.9 Å². The molecule has 1 saturated carbocycles. The lowest BCUT2D eigenvalue weighted by Crippen LogP contribution is -2.47. The number of fused-ring (bicyclic) bond motifs is 1. The second-order valence-electron chi connectivity index (χ2n) is 15.2. The Morgan fingerprint density at radius 2 is 1.67 bits per heavy atom. The number of ether oxygens (including phenoxy) is 4. The number of nitrogen functional groups attached to an aromatic ring is 1. The quantitative estimate of drug-likeness (QED) is 0.123. The first-order valence-electron chi connectivity index (χ1n) is 18.0. The molecule has 0 bridgehead atoms. The summed E-state index contributed by atoms with van der Waals surface area (Å²) >= 11 is 0. The molecule has 2 aliphatic rings. The van der Waals surface area contributed by atoms with Gasteiger partial charge in [-0.15, -0.1) is 0 Å². The smallest absolute Gasteiger partial charge is 0.459 e. The van der Waals surface area contributed by atoms with Gasteiger partial charge in [0.1, 0.15) is 41.9 Å². The summed E-state index contributed by atoms with van der Waals surface area (Å²) in [6, 6.07) is 11.0. The van der Waals surface area contributed by atoms with Crippen LogP contribution in [0.5, 0.6) is 5.75 Å². The van der Waals surface area contributed by atoms with Crippen molar-refractivity contribution in [2.24, 2.45) is 11.8 Å². The van der Waals surface area contributed by atoms with Crippen LogP contribution in [0.1, 0.15) is 85.9 Å². The summed E-state index contributed by atoms with van der Waals surface area (Å²) in [6.45, 7) is 13.4. The number of rotatable bonds is 14. The molecular formula is C37H49N6O10P. The van der Waals surface area contributed by atoms with Crippen LogP contribution in [-0.4, -0.2) is 69.6 Å². The monoisotopic (exact) mass is 768 g/mol. The molecule has 292 valence electrons. The SMILES string of the molecule is CC(C)C(=O)O[C@H]1[C@@H](OC(=O)C(C)C)[C@](C#N)(c2ccc3c(N)ncnn23)O[C@@H]1COP(=O)(N[C@@H](C)C(=O)OC1CCC1)Oc1ccc(C(C)(C)C)cc1. The van der Waals surface area contributed by atoms with Gasteiger partial charge in [-0.2, -0.15) is 15.4 Å². The molecule has 6 atom stereocenters. The summed E-state index contributed by atoms with van der Waals surface area (Å²) in [4.78, 5) is 43.4. The third-order valence-corrected chi connectivity index (χ3v) is 10.9. The summed E-state index contributed by atoms with van der Waals surface area (Å²) < 4.78 is 51.8. The molecule has 16 nitrogen and oxygen atoms in total. The summed E-state index contributed by atoms with van der Waals surface area (Å²) in [5.74, 6) is -3.07. The number of nitriles is 1. The Morgan fingerprint density at radius 1 is 1.02 bits per heavy atom. The number of carbonyl (C=O) groups excluding carboxylic acids is 3. The van der Waals surface area contributed by atoms with E-state index in [0.717, 1.165) is 24.8 Å². The molecule has 5 rings (SSSR count). The van der Waals surface area contributed by atoms with Crippen LogP contribution in [0.15, 0.2) is 42.7 Å². The van der Waals surface area contributed by atoms with Gasteiger partial charge < -0.3 is 29.2 Å². The molecule has 1 aliphatic carbocycles. The molecule has 54 heavy (non-hydrogen) atoms. The topological polar surface area (TPSA) is 216 Å². The number of hydrogen-bond acceptors (Lipinski definition) is 14. The number of nitrogens with one attached hydrogen (secondary N) is 1. The van der Waals surface area contributed by atoms with Gasteiger partial charge in [0.25, 0.3) is 0 Å². The highest BCUT2D eigenvalue weighted by Gasteiger charge is 2.63. The van der Waals surface area contributed by atoms with Crippen LogP contribution in [0, 0.1) is 23.2 Å². The minimum Gasteiger partial charge on any atom is -0.461 e. The van der Waals surface area contributed by atoms with Crippen LogP contribution in [-0.2, 0) is 53.4 Å². The summed E-state index contributed by atoms with van der Waals surface area (Å²) in [7, 11) is -4.50. The van der Waals surface area contributed by atoms with Gasteiger partial charge in [-0.25, -0.2) is 14.1 Å². The highest BCUT2D eigenvalue weighted by atomic mass is 31.2. The average Bonchev–Trinajstić information content (AvgIpc) is 3.65. The van der Waals surface area contributed by atoms with Crippen LogP contribution >= 0.6 is 7.75 Å². The fraction of sp³-hybridized carbons (Fsp3) is 0.568. The number of nitrogens with two attached hydrogens (primary N) is 1. The maximum Gasteiger partial charge on any atom is 0.459 e. The van der Waals surface area contributed by atoms with Gasteiger partial charge in [-0.1, -0.05) is 60.6 Å². The minimum atomic E-state index is -4.50. The Labute approximate surface area is 314 Å². The van der Waals surface area contributed by atoms with Gasteiger partial charge in [-0.05, 0) is 61.4 Å². The van der Waals surface area contributed by atoms with Gasteiger partial charge >= 0.3 is 25.7 Å².